The average Bonchev–Trinajstić information content (AvgIpc) is 2.42. The Kier molecular flexibility index (Phi) is 6.21. The highest BCUT2D eigenvalue weighted by Crippen LogP contribution is 2.10. The van der Waals surface area contributed by atoms with Crippen LogP contribution >= 0.6 is 0 Å². The third-order valence-electron chi connectivity index (χ3n) is 2.67. The lowest BCUT2D eigenvalue weighted by Gasteiger charge is -2.24. The zero-order valence-electron chi connectivity index (χ0n) is 12.1. The number of rotatable bonds is 7. The summed E-state index contributed by atoms with van der Waals surface area (Å²) in [6, 6.07) is 0. The molecular formula is C13H22N4O2. The zero-order chi connectivity index (χ0) is 14.3. The van der Waals surface area contributed by atoms with E-state index in [1.165, 1.54) is 13.3 Å². The molecule has 1 aromatic heterocycles. The van der Waals surface area contributed by atoms with Crippen LogP contribution in [0.15, 0.2) is 12.4 Å². The molecule has 0 saturated heterocycles. The molecule has 6 nitrogen and oxygen atoms in total. The van der Waals surface area contributed by atoms with Gasteiger partial charge in [-0.25, -0.2) is 14.8 Å². The molecule has 0 aliphatic rings. The third kappa shape index (κ3) is 4.82. The van der Waals surface area contributed by atoms with Crippen LogP contribution in [0, 0.1) is 0 Å². The van der Waals surface area contributed by atoms with Crippen LogP contribution in [0.4, 0.5) is 5.82 Å². The summed E-state index contributed by atoms with van der Waals surface area (Å²) in [6.45, 7) is 4.87. The van der Waals surface area contributed by atoms with Gasteiger partial charge in [-0.15, -0.1) is 0 Å². The maximum absolute atomic E-state index is 11.3. The second kappa shape index (κ2) is 7.68. The van der Waals surface area contributed by atoms with Crippen molar-refractivity contribution in [2.24, 2.45) is 0 Å². The van der Waals surface area contributed by atoms with Crippen molar-refractivity contribution in [2.45, 2.75) is 13.3 Å². The van der Waals surface area contributed by atoms with Crippen molar-refractivity contribution < 1.29 is 9.53 Å². The molecule has 0 bridgehead atoms. The summed E-state index contributed by atoms with van der Waals surface area (Å²) < 4.78 is 4.60. The molecule has 0 saturated carbocycles. The van der Waals surface area contributed by atoms with Crippen molar-refractivity contribution in [3.63, 3.8) is 0 Å². The number of anilines is 1. The number of hydrogen-bond acceptors (Lipinski definition) is 6. The molecule has 1 heterocycles. The largest absolute Gasteiger partial charge is 0.464 e. The number of aromatic nitrogens is 2. The minimum absolute atomic E-state index is 0.232. The molecule has 0 aliphatic heterocycles. The summed E-state index contributed by atoms with van der Waals surface area (Å²) in [5.41, 5.74) is 0.232. The van der Waals surface area contributed by atoms with Crippen LogP contribution < -0.4 is 4.90 Å². The monoisotopic (exact) mass is 266 g/mol. The number of ether oxygens (including phenoxy) is 1. The fraction of sp³-hybridized carbons (Fsp3) is 0.615. The van der Waals surface area contributed by atoms with E-state index in [9.17, 15) is 4.79 Å². The van der Waals surface area contributed by atoms with Crippen LogP contribution in [0.3, 0.4) is 0 Å². The lowest BCUT2D eigenvalue weighted by molar-refractivity contribution is 0.0593. The van der Waals surface area contributed by atoms with Gasteiger partial charge in [-0.2, -0.15) is 0 Å². The second-order valence-corrected chi connectivity index (χ2v) is 4.54. The van der Waals surface area contributed by atoms with Crippen molar-refractivity contribution in [1.82, 2.24) is 14.9 Å². The van der Waals surface area contributed by atoms with E-state index in [0.29, 0.717) is 0 Å². The molecule has 106 valence electrons. The van der Waals surface area contributed by atoms with Gasteiger partial charge in [0.2, 0.25) is 0 Å². The van der Waals surface area contributed by atoms with Gasteiger partial charge in [-0.05, 0) is 20.5 Å². The zero-order valence-corrected chi connectivity index (χ0v) is 12.1. The third-order valence-corrected chi connectivity index (χ3v) is 2.67. The van der Waals surface area contributed by atoms with Gasteiger partial charge in [-0.1, -0.05) is 6.92 Å². The van der Waals surface area contributed by atoms with Crippen LogP contribution in [0.1, 0.15) is 23.8 Å². The normalized spacial score (nSPS) is 10.6. The number of carbonyl (C=O) groups excluding carboxylic acids is 1. The Labute approximate surface area is 114 Å². The van der Waals surface area contributed by atoms with E-state index in [1.54, 1.807) is 6.20 Å². The van der Waals surface area contributed by atoms with E-state index in [4.69, 9.17) is 0 Å². The number of methoxy groups -OCH3 is 1. The van der Waals surface area contributed by atoms with Crippen LogP contribution in [0.2, 0.25) is 0 Å². The lowest BCUT2D eigenvalue weighted by Crippen LogP contribution is -2.33. The summed E-state index contributed by atoms with van der Waals surface area (Å²) in [7, 11) is 5.41. The highest BCUT2D eigenvalue weighted by Gasteiger charge is 2.11. The van der Waals surface area contributed by atoms with Crippen LogP contribution in [-0.4, -0.2) is 61.7 Å². The predicted octanol–water partition coefficient (Wildman–Crippen LogP) is 1.04. The van der Waals surface area contributed by atoms with Crippen LogP contribution in [-0.2, 0) is 4.74 Å². The van der Waals surface area contributed by atoms with Gasteiger partial charge < -0.3 is 14.5 Å². The summed E-state index contributed by atoms with van der Waals surface area (Å²) in [5, 5.41) is 0. The lowest BCUT2D eigenvalue weighted by atomic mass is 10.3. The minimum atomic E-state index is -0.464. The van der Waals surface area contributed by atoms with Gasteiger partial charge in [0.1, 0.15) is 5.82 Å². The molecular weight excluding hydrogens is 244 g/mol. The van der Waals surface area contributed by atoms with E-state index in [1.807, 2.05) is 14.1 Å². The van der Waals surface area contributed by atoms with Crippen LogP contribution in [0.5, 0.6) is 0 Å². The summed E-state index contributed by atoms with van der Waals surface area (Å²) in [4.78, 5) is 24.0. The Balaban J connectivity index is 2.76. The predicted molar refractivity (Wildman–Crippen MR) is 74.4 cm³/mol. The first-order chi connectivity index (χ1) is 9.08. The molecule has 1 aromatic rings. The molecule has 1 rings (SSSR count). The van der Waals surface area contributed by atoms with Crippen molar-refractivity contribution >= 4 is 11.8 Å². The van der Waals surface area contributed by atoms with Gasteiger partial charge in [0.25, 0.3) is 0 Å². The first-order valence-corrected chi connectivity index (χ1v) is 6.38. The van der Waals surface area contributed by atoms with Gasteiger partial charge in [0.15, 0.2) is 5.69 Å². The maximum Gasteiger partial charge on any atom is 0.358 e. The second-order valence-electron chi connectivity index (χ2n) is 4.54. The standard InChI is InChI=1S/C13H22N4O2/c1-5-6-17(8-7-16(2)3)12-10-14-11(9-15-12)13(18)19-4/h9-10H,5-8H2,1-4H3. The fourth-order valence-corrected chi connectivity index (χ4v) is 1.63. The SMILES string of the molecule is CCCN(CCN(C)C)c1cnc(C(=O)OC)cn1. The Bertz CT molecular complexity index is 392. The molecule has 19 heavy (non-hydrogen) atoms. The Morgan fingerprint density at radius 2 is 1.95 bits per heavy atom. The highest BCUT2D eigenvalue weighted by molar-refractivity contribution is 5.86. The maximum atomic E-state index is 11.3. The Morgan fingerprint density at radius 3 is 2.42 bits per heavy atom. The molecule has 0 N–H and O–H groups in total. The van der Waals surface area contributed by atoms with E-state index in [0.717, 1.165) is 31.9 Å². The number of esters is 1. The van der Waals surface area contributed by atoms with Crippen LogP contribution in [0.25, 0.3) is 0 Å². The van der Waals surface area contributed by atoms with Crippen molar-refractivity contribution in [3.8, 4) is 0 Å². The highest BCUT2D eigenvalue weighted by atomic mass is 16.5. The number of hydrogen-bond donors (Lipinski definition) is 0. The summed E-state index contributed by atoms with van der Waals surface area (Å²) in [5.74, 6) is 0.325. The first-order valence-electron chi connectivity index (χ1n) is 6.38. The summed E-state index contributed by atoms with van der Waals surface area (Å²) >= 11 is 0. The molecule has 0 aliphatic carbocycles. The first kappa shape index (κ1) is 15.4. The quantitative estimate of drug-likeness (QED) is 0.687. The van der Waals surface area contributed by atoms with Crippen molar-refractivity contribution in [3.05, 3.63) is 18.1 Å². The van der Waals surface area contributed by atoms with Gasteiger partial charge in [0, 0.05) is 19.6 Å². The molecule has 0 amide bonds. The molecule has 0 fully saturated rings. The van der Waals surface area contributed by atoms with E-state index in [-0.39, 0.29) is 5.69 Å². The van der Waals surface area contributed by atoms with E-state index < -0.39 is 5.97 Å². The van der Waals surface area contributed by atoms with E-state index in [2.05, 4.69) is 31.4 Å². The Morgan fingerprint density at radius 1 is 1.21 bits per heavy atom. The van der Waals surface area contributed by atoms with Gasteiger partial charge in [0.05, 0.1) is 19.5 Å². The smallest absolute Gasteiger partial charge is 0.358 e. The molecule has 0 atom stereocenters. The molecule has 0 radical (unpaired) electrons. The molecule has 6 heteroatoms. The summed E-state index contributed by atoms with van der Waals surface area (Å²) in [6.07, 6.45) is 4.12. The number of carbonyl (C=O) groups is 1. The molecule has 0 spiro atoms. The van der Waals surface area contributed by atoms with E-state index >= 15 is 0 Å². The molecule has 0 aromatic carbocycles. The van der Waals surface area contributed by atoms with Crippen molar-refractivity contribution in [2.75, 3.05) is 45.7 Å². The minimum Gasteiger partial charge on any atom is -0.464 e. The number of nitrogens with zero attached hydrogens (tertiary/aromatic N) is 4. The Hall–Kier alpha value is -1.69. The fourth-order valence-electron chi connectivity index (χ4n) is 1.63. The van der Waals surface area contributed by atoms with Crippen molar-refractivity contribution in [1.29, 1.82) is 0 Å². The van der Waals surface area contributed by atoms with Gasteiger partial charge >= 0.3 is 5.97 Å². The topological polar surface area (TPSA) is 58.6 Å². The van der Waals surface area contributed by atoms with Gasteiger partial charge in [-0.3, -0.25) is 0 Å². The number of likely N-dealkylation sites (N-methyl/N-ethyl adjacent to an activating group) is 1. The molecule has 0 unspecified atom stereocenters. The average molecular weight is 266 g/mol.